The monoisotopic (exact) mass is 230 g/mol. The second-order valence-corrected chi connectivity index (χ2v) is 4.73. The first-order valence-electron chi connectivity index (χ1n) is 5.77. The number of nitrogens with zero attached hydrogens (tertiary/aromatic N) is 2. The summed E-state index contributed by atoms with van der Waals surface area (Å²) in [5.41, 5.74) is 0. The summed E-state index contributed by atoms with van der Waals surface area (Å²) in [5, 5.41) is 18.1. The number of rotatable bonds is 5. The van der Waals surface area contributed by atoms with Crippen molar-refractivity contribution in [3.05, 3.63) is 0 Å². The van der Waals surface area contributed by atoms with Crippen molar-refractivity contribution in [2.75, 3.05) is 33.7 Å². The van der Waals surface area contributed by atoms with Gasteiger partial charge < -0.3 is 20.0 Å². The van der Waals surface area contributed by atoms with Gasteiger partial charge in [0.2, 0.25) is 0 Å². The summed E-state index contributed by atoms with van der Waals surface area (Å²) in [5.74, 6) is -0.940. The van der Waals surface area contributed by atoms with E-state index in [1.54, 1.807) is 0 Å². The number of hydrogen-bond donors (Lipinski definition) is 2. The lowest BCUT2D eigenvalue weighted by Crippen LogP contribution is -2.44. The van der Waals surface area contributed by atoms with Crippen molar-refractivity contribution < 1.29 is 15.0 Å². The molecule has 0 saturated carbocycles. The van der Waals surface area contributed by atoms with Crippen molar-refractivity contribution in [2.45, 2.75) is 31.4 Å². The van der Waals surface area contributed by atoms with Gasteiger partial charge in [0.1, 0.15) is 0 Å². The fourth-order valence-electron chi connectivity index (χ4n) is 2.18. The molecular weight excluding hydrogens is 208 g/mol. The molecule has 5 heteroatoms. The molecule has 1 aliphatic heterocycles. The molecule has 1 saturated heterocycles. The molecule has 2 N–H and O–H groups in total. The molecule has 5 nitrogen and oxygen atoms in total. The molecule has 1 aliphatic rings. The number of aliphatic hydroxyl groups excluding tert-OH is 1. The van der Waals surface area contributed by atoms with Crippen LogP contribution in [0.15, 0.2) is 0 Å². The van der Waals surface area contributed by atoms with Crippen molar-refractivity contribution in [1.29, 1.82) is 0 Å². The molecule has 0 aromatic rings. The van der Waals surface area contributed by atoms with Gasteiger partial charge in [-0.25, -0.2) is 0 Å². The summed E-state index contributed by atoms with van der Waals surface area (Å²) in [7, 11) is 4.07. The van der Waals surface area contributed by atoms with Crippen LogP contribution in [-0.2, 0) is 4.79 Å². The van der Waals surface area contributed by atoms with Crippen LogP contribution < -0.4 is 0 Å². The zero-order valence-corrected chi connectivity index (χ0v) is 10.1. The Morgan fingerprint density at radius 1 is 1.50 bits per heavy atom. The van der Waals surface area contributed by atoms with Gasteiger partial charge in [-0.05, 0) is 40.0 Å². The van der Waals surface area contributed by atoms with E-state index in [0.29, 0.717) is 12.6 Å². The van der Waals surface area contributed by atoms with Crippen LogP contribution in [0.5, 0.6) is 0 Å². The molecular formula is C11H22N2O3. The lowest BCUT2D eigenvalue weighted by atomic mass is 10.0. The van der Waals surface area contributed by atoms with E-state index in [0.717, 1.165) is 25.9 Å². The summed E-state index contributed by atoms with van der Waals surface area (Å²) in [6, 6.07) is 0.472. The summed E-state index contributed by atoms with van der Waals surface area (Å²) in [6.07, 6.45) is 1.25. The number of likely N-dealkylation sites (tertiary alicyclic amines) is 1. The Labute approximate surface area is 96.7 Å². The van der Waals surface area contributed by atoms with E-state index >= 15 is 0 Å². The van der Waals surface area contributed by atoms with Crippen molar-refractivity contribution in [1.82, 2.24) is 9.80 Å². The van der Waals surface area contributed by atoms with E-state index in [-0.39, 0.29) is 6.42 Å². The van der Waals surface area contributed by atoms with Crippen molar-refractivity contribution in [3.8, 4) is 0 Å². The minimum atomic E-state index is -0.940. The van der Waals surface area contributed by atoms with E-state index in [2.05, 4.69) is 16.8 Å². The molecule has 0 radical (unpaired) electrons. The standard InChI is InChI=1S/C11H22N2O3/c1-12-5-3-9(4-6-12)13(2)8-10(14)7-11(15)16/h9-10,14H,3-8H2,1-2H3,(H,15,16). The maximum Gasteiger partial charge on any atom is 0.306 e. The lowest BCUT2D eigenvalue weighted by molar-refractivity contribution is -0.139. The molecule has 0 aromatic carbocycles. The highest BCUT2D eigenvalue weighted by molar-refractivity contribution is 5.67. The fourth-order valence-corrected chi connectivity index (χ4v) is 2.18. The number of aliphatic carboxylic acids is 1. The van der Waals surface area contributed by atoms with Crippen LogP contribution in [0.1, 0.15) is 19.3 Å². The fraction of sp³-hybridized carbons (Fsp3) is 0.909. The Morgan fingerprint density at radius 3 is 2.56 bits per heavy atom. The van der Waals surface area contributed by atoms with E-state index in [1.807, 2.05) is 7.05 Å². The largest absolute Gasteiger partial charge is 0.481 e. The van der Waals surface area contributed by atoms with Gasteiger partial charge in [-0.2, -0.15) is 0 Å². The summed E-state index contributed by atoms with van der Waals surface area (Å²) in [6.45, 7) is 2.59. The smallest absolute Gasteiger partial charge is 0.306 e. The number of aliphatic hydroxyl groups is 1. The molecule has 1 fully saturated rings. The SMILES string of the molecule is CN1CCC(N(C)CC(O)CC(=O)O)CC1. The van der Waals surface area contributed by atoms with Gasteiger partial charge in [0.05, 0.1) is 12.5 Å². The lowest BCUT2D eigenvalue weighted by Gasteiger charge is -2.35. The van der Waals surface area contributed by atoms with E-state index in [4.69, 9.17) is 5.11 Å². The molecule has 1 unspecified atom stereocenters. The van der Waals surface area contributed by atoms with E-state index in [9.17, 15) is 9.90 Å². The molecule has 0 bridgehead atoms. The molecule has 0 aliphatic carbocycles. The maximum absolute atomic E-state index is 10.4. The number of hydrogen-bond acceptors (Lipinski definition) is 4. The van der Waals surface area contributed by atoms with Crippen molar-refractivity contribution >= 4 is 5.97 Å². The second-order valence-electron chi connectivity index (χ2n) is 4.73. The predicted octanol–water partition coefficient (Wildman–Crippen LogP) is -0.152. The van der Waals surface area contributed by atoms with Crippen LogP contribution in [0, 0.1) is 0 Å². The van der Waals surface area contributed by atoms with Crippen LogP contribution in [0.2, 0.25) is 0 Å². The Morgan fingerprint density at radius 2 is 2.06 bits per heavy atom. The second kappa shape index (κ2) is 6.18. The zero-order valence-electron chi connectivity index (χ0n) is 10.1. The van der Waals surface area contributed by atoms with Gasteiger partial charge in [0.25, 0.3) is 0 Å². The summed E-state index contributed by atoms with van der Waals surface area (Å²) in [4.78, 5) is 14.8. The highest BCUT2D eigenvalue weighted by Gasteiger charge is 2.22. The molecule has 0 spiro atoms. The number of carboxylic acid groups (broad SMARTS) is 1. The molecule has 1 rings (SSSR count). The van der Waals surface area contributed by atoms with Crippen LogP contribution in [0.3, 0.4) is 0 Å². The summed E-state index contributed by atoms with van der Waals surface area (Å²) < 4.78 is 0. The van der Waals surface area contributed by atoms with Gasteiger partial charge in [-0.15, -0.1) is 0 Å². The molecule has 1 heterocycles. The minimum Gasteiger partial charge on any atom is -0.481 e. The topological polar surface area (TPSA) is 64.0 Å². The van der Waals surface area contributed by atoms with Crippen LogP contribution in [-0.4, -0.2) is 71.9 Å². The van der Waals surface area contributed by atoms with Gasteiger partial charge in [0.15, 0.2) is 0 Å². The Balaban J connectivity index is 2.28. The molecule has 0 amide bonds. The predicted molar refractivity (Wildman–Crippen MR) is 61.4 cm³/mol. The zero-order chi connectivity index (χ0) is 12.1. The summed E-state index contributed by atoms with van der Waals surface area (Å²) >= 11 is 0. The van der Waals surface area contributed by atoms with Gasteiger partial charge >= 0.3 is 5.97 Å². The third kappa shape index (κ3) is 4.47. The molecule has 16 heavy (non-hydrogen) atoms. The first kappa shape index (κ1) is 13.4. The highest BCUT2D eigenvalue weighted by atomic mass is 16.4. The van der Waals surface area contributed by atoms with Crippen LogP contribution in [0.25, 0.3) is 0 Å². The minimum absolute atomic E-state index is 0.170. The highest BCUT2D eigenvalue weighted by Crippen LogP contribution is 2.14. The number of carboxylic acids is 1. The Hall–Kier alpha value is -0.650. The van der Waals surface area contributed by atoms with Gasteiger partial charge in [-0.3, -0.25) is 4.79 Å². The quantitative estimate of drug-likeness (QED) is 0.687. The Kier molecular flexibility index (Phi) is 5.18. The van der Waals surface area contributed by atoms with Crippen molar-refractivity contribution in [3.63, 3.8) is 0 Å². The van der Waals surface area contributed by atoms with Crippen LogP contribution in [0.4, 0.5) is 0 Å². The van der Waals surface area contributed by atoms with Crippen LogP contribution >= 0.6 is 0 Å². The van der Waals surface area contributed by atoms with E-state index in [1.165, 1.54) is 0 Å². The third-order valence-electron chi connectivity index (χ3n) is 3.22. The average molecular weight is 230 g/mol. The van der Waals surface area contributed by atoms with Crippen molar-refractivity contribution in [2.24, 2.45) is 0 Å². The first-order chi connectivity index (χ1) is 7.49. The molecule has 94 valence electrons. The van der Waals surface area contributed by atoms with Gasteiger partial charge in [-0.1, -0.05) is 0 Å². The van der Waals surface area contributed by atoms with Gasteiger partial charge in [0, 0.05) is 12.6 Å². The molecule has 0 aromatic heterocycles. The number of carbonyl (C=O) groups is 1. The van der Waals surface area contributed by atoms with E-state index < -0.39 is 12.1 Å². The average Bonchev–Trinajstić information content (AvgIpc) is 2.16. The third-order valence-corrected chi connectivity index (χ3v) is 3.22. The number of piperidine rings is 1. The normalized spacial score (nSPS) is 21.2. The first-order valence-corrected chi connectivity index (χ1v) is 5.77. The number of likely N-dealkylation sites (N-methyl/N-ethyl adjacent to an activating group) is 1. The maximum atomic E-state index is 10.4. The Bertz CT molecular complexity index is 227. The molecule has 1 atom stereocenters.